The van der Waals surface area contributed by atoms with E-state index in [0.29, 0.717) is 12.5 Å². The Kier molecular flexibility index (Phi) is 5.48. The first-order valence-corrected chi connectivity index (χ1v) is 12.5. The summed E-state index contributed by atoms with van der Waals surface area (Å²) < 4.78 is 16.8. The van der Waals surface area contributed by atoms with Crippen molar-refractivity contribution >= 4 is 40.1 Å². The van der Waals surface area contributed by atoms with Crippen molar-refractivity contribution in [3.8, 4) is 0 Å². The van der Waals surface area contributed by atoms with Gasteiger partial charge in [-0.2, -0.15) is 0 Å². The van der Waals surface area contributed by atoms with Gasteiger partial charge >= 0.3 is 11.7 Å². The number of benzene rings is 1. The summed E-state index contributed by atoms with van der Waals surface area (Å²) in [5.41, 5.74) is 0.0659. The third kappa shape index (κ3) is 4.19. The molecule has 1 unspecified atom stereocenters. The molecule has 2 fully saturated rings. The van der Waals surface area contributed by atoms with Crippen molar-refractivity contribution in [2.45, 2.75) is 80.9 Å². The van der Waals surface area contributed by atoms with E-state index >= 15 is 0 Å². The maximum absolute atomic E-state index is 13.4. The van der Waals surface area contributed by atoms with Crippen LogP contribution in [-0.4, -0.2) is 42.8 Å². The Hall–Kier alpha value is -2.29. The molecule has 2 aromatic heterocycles. The van der Waals surface area contributed by atoms with Crippen LogP contribution >= 0.6 is 23.2 Å². The van der Waals surface area contributed by atoms with Gasteiger partial charge in [-0.15, -0.1) is 0 Å². The Labute approximate surface area is 212 Å². The zero-order valence-corrected chi connectivity index (χ0v) is 21.9. The monoisotopic (exact) mass is 521 g/mol. The maximum atomic E-state index is 13.4. The molecule has 188 valence electrons. The second-order valence-corrected chi connectivity index (χ2v) is 12.7. The number of hydrogen-bond acceptors (Lipinski definition) is 6. The summed E-state index contributed by atoms with van der Waals surface area (Å²) in [5, 5.41) is 4.73. The molecule has 8 nitrogen and oxygen atoms in total. The molecule has 1 aliphatic carbocycles. The molecule has 0 amide bonds. The van der Waals surface area contributed by atoms with Crippen LogP contribution in [0.3, 0.4) is 0 Å². The van der Waals surface area contributed by atoms with Gasteiger partial charge in [-0.25, -0.2) is 9.59 Å². The van der Waals surface area contributed by atoms with Gasteiger partial charge in [0.25, 0.3) is 0 Å². The molecule has 10 heteroatoms. The summed E-state index contributed by atoms with van der Waals surface area (Å²) >= 11 is 13.3. The number of hydrogen-bond donors (Lipinski definition) is 1. The van der Waals surface area contributed by atoms with Crippen LogP contribution in [0.25, 0.3) is 10.9 Å². The van der Waals surface area contributed by atoms with Crippen LogP contribution in [0.1, 0.15) is 81.7 Å². The highest BCUT2D eigenvalue weighted by molar-refractivity contribution is 6.52. The molecule has 0 radical (unpaired) electrons. The third-order valence-electron chi connectivity index (χ3n) is 6.77. The maximum Gasteiger partial charge on any atom is 0.438 e. The zero-order valence-electron chi connectivity index (χ0n) is 20.4. The number of H-pyrrole nitrogens is 1. The van der Waals surface area contributed by atoms with E-state index in [0.717, 1.165) is 23.7 Å². The van der Waals surface area contributed by atoms with Gasteiger partial charge in [0.05, 0.1) is 5.60 Å². The average molecular weight is 522 g/mol. The third-order valence-corrected chi connectivity index (χ3v) is 7.67. The fourth-order valence-corrected chi connectivity index (χ4v) is 5.92. The molecule has 1 aromatic carbocycles. The van der Waals surface area contributed by atoms with Crippen LogP contribution in [0.4, 0.5) is 0 Å². The Bertz CT molecular complexity index is 1360. The highest BCUT2D eigenvalue weighted by atomic mass is 35.5. The number of carbonyl (C=O) groups excluding carboxylic acids is 1. The van der Waals surface area contributed by atoms with Crippen LogP contribution in [-0.2, 0) is 15.0 Å². The number of halogens is 2. The number of nitrogens with zero attached hydrogens (tertiary/aromatic N) is 2. The van der Waals surface area contributed by atoms with Crippen molar-refractivity contribution in [1.29, 1.82) is 0 Å². The lowest BCUT2D eigenvalue weighted by molar-refractivity contribution is -0.0592. The lowest BCUT2D eigenvalue weighted by atomic mass is 9.83. The van der Waals surface area contributed by atoms with Crippen molar-refractivity contribution in [3.05, 3.63) is 51.9 Å². The smallest absolute Gasteiger partial charge is 0.438 e. The van der Waals surface area contributed by atoms with Gasteiger partial charge in [-0.05, 0) is 77.1 Å². The van der Waals surface area contributed by atoms with E-state index in [9.17, 15) is 9.59 Å². The molecule has 35 heavy (non-hydrogen) atoms. The molecule has 1 aliphatic heterocycles. The summed E-state index contributed by atoms with van der Waals surface area (Å²) in [6, 6.07) is 7.91. The van der Waals surface area contributed by atoms with Crippen LogP contribution in [0, 0.1) is 0 Å². The van der Waals surface area contributed by atoms with Crippen molar-refractivity contribution in [2.75, 3.05) is 6.61 Å². The van der Waals surface area contributed by atoms with Crippen LogP contribution < -0.4 is 5.76 Å². The standard InChI is InChI=1S/C25H29Cl2N3O5/c1-22(2,3)34-19(31)18-11-16-10-14(15-8-9-33-23(4,5)12-15)6-7-17(16)30(18)24(13-25(24,26)27)20-28-21(32)35-29-20/h6-7,10-11,15H,8-9,12-13H2,1-5H3,(H,28,29,32)/t15-,24?/m0/s1. The van der Waals surface area contributed by atoms with E-state index in [2.05, 4.69) is 36.1 Å². The van der Waals surface area contributed by atoms with E-state index in [4.69, 9.17) is 37.2 Å². The average Bonchev–Trinajstić information content (AvgIpc) is 3.07. The van der Waals surface area contributed by atoms with E-state index in [1.54, 1.807) is 31.4 Å². The number of fused-ring (bicyclic) bond motifs is 1. The lowest BCUT2D eigenvalue weighted by Crippen LogP contribution is -2.33. The van der Waals surface area contributed by atoms with Crippen molar-refractivity contribution in [1.82, 2.24) is 14.7 Å². The Morgan fingerprint density at radius 2 is 1.97 bits per heavy atom. The van der Waals surface area contributed by atoms with Crippen LogP contribution in [0.2, 0.25) is 0 Å². The van der Waals surface area contributed by atoms with Gasteiger partial charge in [0.2, 0.25) is 0 Å². The SMILES string of the molecule is CC(C)(C)OC(=O)c1cc2cc([C@H]3CCOC(C)(C)C3)ccc2n1C1(c2noc(=O)[nH]2)CC1(Cl)Cl. The van der Waals surface area contributed by atoms with Gasteiger partial charge in [-0.1, -0.05) is 34.4 Å². The lowest BCUT2D eigenvalue weighted by Gasteiger charge is -2.35. The Morgan fingerprint density at radius 3 is 2.54 bits per heavy atom. The second kappa shape index (κ2) is 7.85. The summed E-state index contributed by atoms with van der Waals surface area (Å²) in [6.45, 7) is 10.3. The highest BCUT2D eigenvalue weighted by Gasteiger charge is 2.72. The van der Waals surface area contributed by atoms with E-state index < -0.39 is 27.2 Å². The molecule has 3 aromatic rings. The van der Waals surface area contributed by atoms with Gasteiger partial charge in [-0.3, -0.25) is 9.51 Å². The van der Waals surface area contributed by atoms with Crippen LogP contribution in [0.5, 0.6) is 0 Å². The molecule has 5 rings (SSSR count). The Morgan fingerprint density at radius 1 is 1.26 bits per heavy atom. The number of aromatic amines is 1. The summed E-state index contributed by atoms with van der Waals surface area (Å²) in [6.07, 6.45) is 2.04. The molecule has 1 N–H and O–H groups in total. The molecule has 1 saturated carbocycles. The van der Waals surface area contributed by atoms with Gasteiger partial charge < -0.3 is 14.0 Å². The molecule has 0 spiro atoms. The fourth-order valence-electron chi connectivity index (χ4n) is 5.19. The minimum Gasteiger partial charge on any atom is -0.455 e. The zero-order chi connectivity index (χ0) is 25.4. The molecule has 3 heterocycles. The highest BCUT2D eigenvalue weighted by Crippen LogP contribution is 2.65. The van der Waals surface area contributed by atoms with Crippen molar-refractivity contribution < 1.29 is 18.8 Å². The second-order valence-electron chi connectivity index (χ2n) is 11.2. The molecule has 0 bridgehead atoms. The normalized spacial score (nSPS) is 25.5. The summed E-state index contributed by atoms with van der Waals surface area (Å²) in [7, 11) is 0. The predicted octanol–water partition coefficient (Wildman–Crippen LogP) is 5.27. The van der Waals surface area contributed by atoms with Crippen molar-refractivity contribution in [2.24, 2.45) is 0 Å². The molecular formula is C25H29Cl2N3O5. The van der Waals surface area contributed by atoms with Gasteiger partial charge in [0, 0.05) is 23.9 Å². The number of esters is 1. The first-order chi connectivity index (χ1) is 16.2. The largest absolute Gasteiger partial charge is 0.455 e. The van der Waals surface area contributed by atoms with Gasteiger partial charge in [0.1, 0.15) is 16.8 Å². The van der Waals surface area contributed by atoms with Crippen LogP contribution in [0.15, 0.2) is 33.6 Å². The van der Waals surface area contributed by atoms with Crippen molar-refractivity contribution in [3.63, 3.8) is 0 Å². The van der Waals surface area contributed by atoms with E-state index in [1.807, 2.05) is 6.07 Å². The minimum atomic E-state index is -1.32. The molecule has 1 saturated heterocycles. The number of aromatic nitrogens is 3. The summed E-state index contributed by atoms with van der Waals surface area (Å²) in [5.74, 6) is -0.762. The minimum absolute atomic E-state index is 0.157. The molecular weight excluding hydrogens is 493 g/mol. The van der Waals surface area contributed by atoms with Gasteiger partial charge in [0.15, 0.2) is 10.2 Å². The number of alkyl halides is 2. The number of rotatable bonds is 4. The molecule has 2 aliphatic rings. The Balaban J connectivity index is 1.69. The number of ether oxygens (including phenoxy) is 2. The molecule has 2 atom stereocenters. The topological polar surface area (TPSA) is 99.3 Å². The number of carbonyl (C=O) groups is 1. The first kappa shape index (κ1) is 24.4. The van der Waals surface area contributed by atoms with E-state index in [1.165, 1.54) is 5.56 Å². The number of nitrogens with one attached hydrogen (secondary N) is 1. The quantitative estimate of drug-likeness (QED) is 0.371. The predicted molar refractivity (Wildman–Crippen MR) is 132 cm³/mol. The van der Waals surface area contributed by atoms with E-state index in [-0.39, 0.29) is 23.5 Å². The summed E-state index contributed by atoms with van der Waals surface area (Å²) in [4.78, 5) is 27.8. The first-order valence-electron chi connectivity index (χ1n) is 11.7. The fraction of sp³-hybridized carbons (Fsp3) is 0.560.